The number of carboxylic acid groups (broad SMARTS) is 2. The monoisotopic (exact) mass is 289 g/mol. The van der Waals surface area contributed by atoms with Crippen LogP contribution in [0.2, 0.25) is 0 Å². The number of likely N-dealkylation sites (N-methyl/N-ethyl adjacent to an activating group) is 1. The van der Waals surface area contributed by atoms with E-state index in [-0.39, 0.29) is 12.8 Å². The van der Waals surface area contributed by atoms with Crippen molar-refractivity contribution in [1.29, 1.82) is 0 Å². The van der Waals surface area contributed by atoms with Gasteiger partial charge in [-0.1, -0.05) is 13.8 Å². The van der Waals surface area contributed by atoms with E-state index in [9.17, 15) is 14.4 Å². The summed E-state index contributed by atoms with van der Waals surface area (Å²) in [6, 6.07) is -1.80. The number of carbonyl (C=O) groups excluding carboxylic acids is 1. The number of carboxylic acids is 2. The van der Waals surface area contributed by atoms with Crippen LogP contribution in [0.3, 0.4) is 0 Å². The molecule has 116 valence electrons. The molecule has 0 aromatic heterocycles. The first-order chi connectivity index (χ1) is 9.40. The highest BCUT2D eigenvalue weighted by molar-refractivity contribution is 5.82. The summed E-state index contributed by atoms with van der Waals surface area (Å²) >= 11 is 0. The summed E-state index contributed by atoms with van der Waals surface area (Å²) in [4.78, 5) is 34.9. The van der Waals surface area contributed by atoms with Crippen molar-refractivity contribution in [3.63, 3.8) is 0 Å². The minimum Gasteiger partial charge on any atom is -0.481 e. The van der Waals surface area contributed by atoms with Crippen LogP contribution in [0.15, 0.2) is 0 Å². The van der Waals surface area contributed by atoms with Gasteiger partial charge in [0.15, 0.2) is 0 Å². The average molecular weight is 289 g/mol. The molecule has 0 saturated carbocycles. The Labute approximate surface area is 118 Å². The molecule has 0 aromatic rings. The summed E-state index contributed by atoms with van der Waals surface area (Å²) in [6.45, 7) is 6.84. The highest BCUT2D eigenvalue weighted by Gasteiger charge is 2.20. The van der Waals surface area contributed by atoms with Crippen LogP contribution >= 0.6 is 0 Å². The van der Waals surface area contributed by atoms with Crippen LogP contribution in [0, 0.1) is 0 Å². The largest absolute Gasteiger partial charge is 0.481 e. The first-order valence-corrected chi connectivity index (χ1v) is 6.62. The van der Waals surface area contributed by atoms with Gasteiger partial charge in [0.2, 0.25) is 0 Å². The van der Waals surface area contributed by atoms with Crippen LogP contribution < -0.4 is 10.6 Å². The lowest BCUT2D eigenvalue weighted by Crippen LogP contribution is -2.47. The summed E-state index contributed by atoms with van der Waals surface area (Å²) in [5, 5.41) is 22.2. The Balaban J connectivity index is 4.07. The average Bonchev–Trinajstić information content (AvgIpc) is 2.39. The van der Waals surface area contributed by atoms with Gasteiger partial charge >= 0.3 is 18.0 Å². The van der Waals surface area contributed by atoms with Crippen molar-refractivity contribution in [1.82, 2.24) is 15.5 Å². The maximum absolute atomic E-state index is 11.5. The smallest absolute Gasteiger partial charge is 0.326 e. The zero-order valence-corrected chi connectivity index (χ0v) is 11.9. The van der Waals surface area contributed by atoms with Gasteiger partial charge in [-0.2, -0.15) is 0 Å². The minimum absolute atomic E-state index is 0.145. The summed E-state index contributed by atoms with van der Waals surface area (Å²) in [7, 11) is 0. The SMILES string of the molecule is CCN(CC)CCNC(=O)N[C@@H](CCC(=O)O)C(=O)O. The molecule has 0 aliphatic carbocycles. The molecule has 0 aromatic carbocycles. The second-order valence-electron chi connectivity index (χ2n) is 4.25. The molecule has 0 fully saturated rings. The van der Waals surface area contributed by atoms with Crippen molar-refractivity contribution in [2.45, 2.75) is 32.7 Å². The number of aliphatic carboxylic acids is 2. The molecule has 20 heavy (non-hydrogen) atoms. The van der Waals surface area contributed by atoms with E-state index in [1.54, 1.807) is 0 Å². The standard InChI is InChI=1S/C12H23N3O5/c1-3-15(4-2)8-7-13-12(20)14-9(11(18)19)5-6-10(16)17/h9H,3-8H2,1-2H3,(H,16,17)(H,18,19)(H2,13,14,20)/t9-/m0/s1. The van der Waals surface area contributed by atoms with Crippen molar-refractivity contribution in [2.75, 3.05) is 26.2 Å². The molecule has 0 aliphatic rings. The number of rotatable bonds is 10. The first-order valence-electron chi connectivity index (χ1n) is 6.62. The predicted octanol–water partition coefficient (Wildman–Crippen LogP) is -0.0546. The molecule has 0 unspecified atom stereocenters. The Bertz CT molecular complexity index is 331. The van der Waals surface area contributed by atoms with Gasteiger partial charge in [-0.05, 0) is 19.5 Å². The zero-order chi connectivity index (χ0) is 15.5. The third kappa shape index (κ3) is 8.30. The van der Waals surface area contributed by atoms with Crippen molar-refractivity contribution >= 4 is 18.0 Å². The fourth-order valence-corrected chi connectivity index (χ4v) is 1.60. The van der Waals surface area contributed by atoms with E-state index < -0.39 is 24.0 Å². The number of amides is 2. The van der Waals surface area contributed by atoms with E-state index in [0.717, 1.165) is 13.1 Å². The van der Waals surface area contributed by atoms with Crippen LogP contribution in [0.1, 0.15) is 26.7 Å². The van der Waals surface area contributed by atoms with Gasteiger partial charge < -0.3 is 25.7 Å². The molecule has 0 bridgehead atoms. The normalized spacial score (nSPS) is 11.9. The van der Waals surface area contributed by atoms with Crippen LogP contribution in [0.4, 0.5) is 4.79 Å². The topological polar surface area (TPSA) is 119 Å². The highest BCUT2D eigenvalue weighted by atomic mass is 16.4. The molecule has 0 saturated heterocycles. The van der Waals surface area contributed by atoms with Gasteiger partial charge in [0.25, 0.3) is 0 Å². The maximum atomic E-state index is 11.5. The molecule has 8 nitrogen and oxygen atoms in total. The van der Waals surface area contributed by atoms with Crippen molar-refractivity contribution < 1.29 is 24.6 Å². The Morgan fingerprint density at radius 1 is 1.15 bits per heavy atom. The fraction of sp³-hybridized carbons (Fsp3) is 0.750. The Kier molecular flexibility index (Phi) is 9.10. The fourth-order valence-electron chi connectivity index (χ4n) is 1.60. The minimum atomic E-state index is -1.25. The van der Waals surface area contributed by atoms with Crippen LogP contribution in [-0.2, 0) is 9.59 Å². The maximum Gasteiger partial charge on any atom is 0.326 e. The van der Waals surface area contributed by atoms with Crippen molar-refractivity contribution in [3.8, 4) is 0 Å². The first kappa shape index (κ1) is 18.2. The molecule has 0 radical (unpaired) electrons. The molecule has 2 amide bonds. The van der Waals surface area contributed by atoms with Crippen molar-refractivity contribution in [2.24, 2.45) is 0 Å². The van der Waals surface area contributed by atoms with Gasteiger partial charge in [0, 0.05) is 19.5 Å². The summed E-state index contributed by atoms with van der Waals surface area (Å²) in [5.74, 6) is -2.34. The highest BCUT2D eigenvalue weighted by Crippen LogP contribution is 1.98. The van der Waals surface area contributed by atoms with E-state index in [0.29, 0.717) is 13.1 Å². The van der Waals surface area contributed by atoms with Gasteiger partial charge in [-0.15, -0.1) is 0 Å². The Morgan fingerprint density at radius 3 is 2.20 bits per heavy atom. The van der Waals surface area contributed by atoms with E-state index >= 15 is 0 Å². The second-order valence-corrected chi connectivity index (χ2v) is 4.25. The number of hydrogen-bond donors (Lipinski definition) is 4. The Morgan fingerprint density at radius 2 is 1.75 bits per heavy atom. The molecular formula is C12H23N3O5. The molecular weight excluding hydrogens is 266 g/mol. The van der Waals surface area contributed by atoms with E-state index in [1.807, 2.05) is 13.8 Å². The summed E-state index contributed by atoms with van der Waals surface area (Å²) in [5.41, 5.74) is 0. The van der Waals surface area contributed by atoms with E-state index in [2.05, 4.69) is 15.5 Å². The zero-order valence-electron chi connectivity index (χ0n) is 11.9. The number of carbonyl (C=O) groups is 3. The van der Waals surface area contributed by atoms with Crippen LogP contribution in [-0.4, -0.2) is 65.3 Å². The number of hydrogen-bond acceptors (Lipinski definition) is 4. The predicted molar refractivity (Wildman–Crippen MR) is 72.6 cm³/mol. The number of urea groups is 1. The molecule has 0 aliphatic heterocycles. The molecule has 1 atom stereocenters. The van der Waals surface area contributed by atoms with E-state index in [1.165, 1.54) is 0 Å². The second kappa shape index (κ2) is 10.0. The molecule has 0 rings (SSSR count). The number of nitrogens with one attached hydrogen (secondary N) is 2. The summed E-state index contributed by atoms with van der Waals surface area (Å²) in [6.07, 6.45) is -0.454. The van der Waals surface area contributed by atoms with Gasteiger partial charge in [0.1, 0.15) is 6.04 Å². The summed E-state index contributed by atoms with van der Waals surface area (Å²) < 4.78 is 0. The lowest BCUT2D eigenvalue weighted by atomic mass is 10.1. The lowest BCUT2D eigenvalue weighted by molar-refractivity contribution is -0.140. The third-order valence-corrected chi connectivity index (χ3v) is 2.86. The molecule has 4 N–H and O–H groups in total. The van der Waals surface area contributed by atoms with Gasteiger partial charge in [-0.25, -0.2) is 9.59 Å². The lowest BCUT2D eigenvalue weighted by Gasteiger charge is -2.19. The Hall–Kier alpha value is -1.83. The quantitative estimate of drug-likeness (QED) is 0.447. The molecule has 0 heterocycles. The van der Waals surface area contributed by atoms with Crippen LogP contribution in [0.5, 0.6) is 0 Å². The van der Waals surface area contributed by atoms with Gasteiger partial charge in [0.05, 0.1) is 0 Å². The van der Waals surface area contributed by atoms with Gasteiger partial charge in [-0.3, -0.25) is 4.79 Å². The molecule has 8 heteroatoms. The van der Waals surface area contributed by atoms with Crippen LogP contribution in [0.25, 0.3) is 0 Å². The third-order valence-electron chi connectivity index (χ3n) is 2.86. The van der Waals surface area contributed by atoms with E-state index in [4.69, 9.17) is 10.2 Å². The number of nitrogens with zero attached hydrogens (tertiary/aromatic N) is 1. The van der Waals surface area contributed by atoms with Crippen molar-refractivity contribution in [3.05, 3.63) is 0 Å². The molecule has 0 spiro atoms.